The van der Waals surface area contributed by atoms with Crippen LogP contribution in [0.2, 0.25) is 0 Å². The van der Waals surface area contributed by atoms with Gasteiger partial charge in [0.15, 0.2) is 0 Å². The first kappa shape index (κ1) is 14.3. The summed E-state index contributed by atoms with van der Waals surface area (Å²) in [6, 6.07) is 7.87. The topological polar surface area (TPSA) is 29.1 Å². The third-order valence-corrected chi connectivity index (χ3v) is 6.34. The molecule has 1 fully saturated rings. The molecule has 1 saturated heterocycles. The van der Waals surface area contributed by atoms with Crippen molar-refractivity contribution in [3.63, 3.8) is 0 Å². The van der Waals surface area contributed by atoms with E-state index in [0.29, 0.717) is 11.7 Å². The Labute approximate surface area is 125 Å². The monoisotopic (exact) mass is 345 g/mol. The zero-order valence-electron chi connectivity index (χ0n) is 10.0. The maximum absolute atomic E-state index is 11.9. The minimum atomic E-state index is 0.109. The molecule has 2 rings (SSSR count). The van der Waals surface area contributed by atoms with Crippen molar-refractivity contribution >= 4 is 45.4 Å². The van der Waals surface area contributed by atoms with Gasteiger partial charge in [0.05, 0.1) is 6.42 Å². The Balaban J connectivity index is 1.76. The minimum absolute atomic E-state index is 0.109. The van der Waals surface area contributed by atoms with Gasteiger partial charge in [0, 0.05) is 33.5 Å². The number of amides is 1. The Morgan fingerprint density at radius 1 is 1.39 bits per heavy atom. The van der Waals surface area contributed by atoms with Crippen molar-refractivity contribution in [2.75, 3.05) is 23.8 Å². The first-order chi connectivity index (χ1) is 8.75. The van der Waals surface area contributed by atoms with Gasteiger partial charge >= 0.3 is 0 Å². The summed E-state index contributed by atoms with van der Waals surface area (Å²) in [7, 11) is 0. The molecule has 1 heterocycles. The third kappa shape index (κ3) is 4.52. The molecular weight excluding hydrogens is 330 g/mol. The van der Waals surface area contributed by atoms with Crippen LogP contribution in [0.25, 0.3) is 0 Å². The van der Waals surface area contributed by atoms with E-state index in [0.717, 1.165) is 22.3 Å². The Kier molecular flexibility index (Phi) is 5.92. The largest absolute Gasteiger partial charge is 0.355 e. The fraction of sp³-hybridized carbons (Fsp3) is 0.462. The minimum Gasteiger partial charge on any atom is -0.355 e. The van der Waals surface area contributed by atoms with E-state index in [4.69, 9.17) is 0 Å². The van der Waals surface area contributed by atoms with E-state index in [1.54, 1.807) is 0 Å². The van der Waals surface area contributed by atoms with Gasteiger partial charge in [0.2, 0.25) is 5.91 Å². The van der Waals surface area contributed by atoms with Gasteiger partial charge in [-0.15, -0.1) is 0 Å². The van der Waals surface area contributed by atoms with Crippen molar-refractivity contribution in [1.82, 2.24) is 5.32 Å². The number of halogens is 1. The van der Waals surface area contributed by atoms with Gasteiger partial charge in [-0.2, -0.15) is 23.5 Å². The molecule has 5 heteroatoms. The highest BCUT2D eigenvalue weighted by Gasteiger charge is 2.15. The maximum Gasteiger partial charge on any atom is 0.224 e. The zero-order chi connectivity index (χ0) is 12.8. The predicted molar refractivity (Wildman–Crippen MR) is 84.4 cm³/mol. The quantitative estimate of drug-likeness (QED) is 0.909. The highest BCUT2D eigenvalue weighted by atomic mass is 79.9. The van der Waals surface area contributed by atoms with Gasteiger partial charge in [-0.25, -0.2) is 0 Å². The highest BCUT2D eigenvalue weighted by molar-refractivity contribution is 9.10. The fourth-order valence-electron chi connectivity index (χ4n) is 1.76. The lowest BCUT2D eigenvalue weighted by Crippen LogP contribution is -2.34. The fourth-order valence-corrected chi connectivity index (χ4v) is 4.80. The number of thioether (sulfide) groups is 2. The lowest BCUT2D eigenvalue weighted by atomic mass is 10.1. The van der Waals surface area contributed by atoms with Crippen LogP contribution in [0.1, 0.15) is 5.56 Å². The second-order valence-electron chi connectivity index (χ2n) is 4.14. The molecule has 0 spiro atoms. The van der Waals surface area contributed by atoms with Crippen LogP contribution >= 0.6 is 39.5 Å². The first-order valence-electron chi connectivity index (χ1n) is 5.95. The van der Waals surface area contributed by atoms with Crippen molar-refractivity contribution in [2.24, 2.45) is 0 Å². The Hall–Kier alpha value is -0.130. The van der Waals surface area contributed by atoms with Crippen LogP contribution in [0, 0.1) is 0 Å². The summed E-state index contributed by atoms with van der Waals surface area (Å²) < 4.78 is 1.00. The molecule has 18 heavy (non-hydrogen) atoms. The number of benzene rings is 1. The summed E-state index contributed by atoms with van der Waals surface area (Å²) in [6.07, 6.45) is 0.450. The smallest absolute Gasteiger partial charge is 0.224 e. The molecule has 0 aliphatic carbocycles. The molecule has 1 atom stereocenters. The van der Waals surface area contributed by atoms with E-state index < -0.39 is 0 Å². The van der Waals surface area contributed by atoms with Gasteiger partial charge in [-0.3, -0.25) is 4.79 Å². The van der Waals surface area contributed by atoms with Gasteiger partial charge in [-0.05, 0) is 11.6 Å². The van der Waals surface area contributed by atoms with Gasteiger partial charge < -0.3 is 5.32 Å². The van der Waals surface area contributed by atoms with E-state index in [1.807, 2.05) is 47.8 Å². The Morgan fingerprint density at radius 3 is 2.94 bits per heavy atom. The molecule has 0 bridgehead atoms. The van der Waals surface area contributed by atoms with Crippen LogP contribution < -0.4 is 5.32 Å². The predicted octanol–water partition coefficient (Wildman–Crippen LogP) is 2.96. The normalized spacial score (nSPS) is 19.5. The molecule has 1 aliphatic rings. The van der Waals surface area contributed by atoms with Crippen molar-refractivity contribution in [2.45, 2.75) is 11.7 Å². The van der Waals surface area contributed by atoms with Crippen molar-refractivity contribution < 1.29 is 4.79 Å². The number of hydrogen-bond donors (Lipinski definition) is 1. The molecule has 1 amide bonds. The van der Waals surface area contributed by atoms with E-state index in [9.17, 15) is 4.79 Å². The second kappa shape index (κ2) is 7.46. The lowest BCUT2D eigenvalue weighted by Gasteiger charge is -2.21. The van der Waals surface area contributed by atoms with E-state index in [1.165, 1.54) is 11.5 Å². The molecule has 1 aromatic rings. The molecule has 1 N–H and O–H groups in total. The SMILES string of the molecule is O=C(Cc1ccccc1Br)NCC1CSCCS1. The molecule has 1 aromatic carbocycles. The second-order valence-corrected chi connectivity index (χ2v) is 7.55. The summed E-state index contributed by atoms with van der Waals surface area (Å²) in [6.45, 7) is 0.793. The number of hydrogen-bond acceptors (Lipinski definition) is 3. The van der Waals surface area contributed by atoms with E-state index in [2.05, 4.69) is 21.2 Å². The molecule has 98 valence electrons. The van der Waals surface area contributed by atoms with Crippen LogP contribution in [-0.4, -0.2) is 35.0 Å². The van der Waals surface area contributed by atoms with E-state index >= 15 is 0 Å². The average Bonchev–Trinajstić information content (AvgIpc) is 2.40. The van der Waals surface area contributed by atoms with Crippen LogP contribution in [0.5, 0.6) is 0 Å². The average molecular weight is 346 g/mol. The Bertz CT molecular complexity index is 408. The van der Waals surface area contributed by atoms with Crippen molar-refractivity contribution in [3.8, 4) is 0 Å². The molecule has 1 unspecified atom stereocenters. The maximum atomic E-state index is 11.9. The molecule has 1 aliphatic heterocycles. The van der Waals surface area contributed by atoms with Crippen LogP contribution in [-0.2, 0) is 11.2 Å². The van der Waals surface area contributed by atoms with Crippen molar-refractivity contribution in [3.05, 3.63) is 34.3 Å². The summed E-state index contributed by atoms with van der Waals surface area (Å²) >= 11 is 7.42. The third-order valence-electron chi connectivity index (χ3n) is 2.72. The molecule has 0 saturated carbocycles. The number of carbonyl (C=O) groups is 1. The standard InChI is InChI=1S/C13H16BrNOS2/c14-12-4-2-1-3-10(12)7-13(16)15-8-11-9-17-5-6-18-11/h1-4,11H,5-9H2,(H,15,16). The van der Waals surface area contributed by atoms with Crippen molar-refractivity contribution in [1.29, 1.82) is 0 Å². The van der Waals surface area contributed by atoms with Crippen LogP contribution in [0.3, 0.4) is 0 Å². The van der Waals surface area contributed by atoms with Crippen LogP contribution in [0.4, 0.5) is 0 Å². The van der Waals surface area contributed by atoms with Crippen LogP contribution in [0.15, 0.2) is 28.7 Å². The lowest BCUT2D eigenvalue weighted by molar-refractivity contribution is -0.120. The molecule has 0 radical (unpaired) electrons. The molecule has 2 nitrogen and oxygen atoms in total. The van der Waals surface area contributed by atoms with E-state index in [-0.39, 0.29) is 5.91 Å². The number of nitrogens with one attached hydrogen (secondary N) is 1. The van der Waals surface area contributed by atoms with Gasteiger partial charge in [-0.1, -0.05) is 34.1 Å². The first-order valence-corrected chi connectivity index (χ1v) is 8.95. The van der Waals surface area contributed by atoms with Gasteiger partial charge in [0.1, 0.15) is 0 Å². The molecule has 0 aromatic heterocycles. The summed E-state index contributed by atoms with van der Waals surface area (Å²) in [5.74, 6) is 3.71. The van der Waals surface area contributed by atoms with Gasteiger partial charge in [0.25, 0.3) is 0 Å². The summed E-state index contributed by atoms with van der Waals surface area (Å²) in [5, 5.41) is 3.61. The number of rotatable bonds is 4. The summed E-state index contributed by atoms with van der Waals surface area (Å²) in [5.41, 5.74) is 1.04. The molecular formula is C13H16BrNOS2. The highest BCUT2D eigenvalue weighted by Crippen LogP contribution is 2.23. The number of carbonyl (C=O) groups excluding carboxylic acids is 1. The zero-order valence-corrected chi connectivity index (χ0v) is 13.2. The summed E-state index contributed by atoms with van der Waals surface area (Å²) in [4.78, 5) is 11.9. The Morgan fingerprint density at radius 2 is 2.22 bits per heavy atom.